The number of hydrogen-bond acceptors (Lipinski definition) is 2. The maximum Gasteiger partial charge on any atom is 0.0961 e. The second kappa shape index (κ2) is 5.25. The lowest BCUT2D eigenvalue weighted by molar-refractivity contribution is 0.653. The predicted octanol–water partition coefficient (Wildman–Crippen LogP) is 3.83. The Morgan fingerprint density at radius 1 is 1.10 bits per heavy atom. The van der Waals surface area contributed by atoms with Crippen LogP contribution in [0.4, 0.5) is 0 Å². The summed E-state index contributed by atoms with van der Waals surface area (Å²) in [5.74, 6) is 0. The molecular formula is C15H15BrN4. The molecule has 4 nitrogen and oxygen atoms in total. The van der Waals surface area contributed by atoms with Gasteiger partial charge in [0.25, 0.3) is 0 Å². The van der Waals surface area contributed by atoms with Crippen molar-refractivity contribution in [2.24, 2.45) is 0 Å². The number of benzene rings is 1. The van der Waals surface area contributed by atoms with Gasteiger partial charge in [0, 0.05) is 29.0 Å². The summed E-state index contributed by atoms with van der Waals surface area (Å²) in [4.78, 5) is 0. The SMILES string of the molecule is CCn1cc(-c2ccn(-c3ccc(Br)cc3)n2)c(C)n1. The van der Waals surface area contributed by atoms with Crippen LogP contribution in [0.2, 0.25) is 0 Å². The monoisotopic (exact) mass is 330 g/mol. The van der Waals surface area contributed by atoms with Gasteiger partial charge in [0.15, 0.2) is 0 Å². The smallest absolute Gasteiger partial charge is 0.0961 e. The average molecular weight is 331 g/mol. The van der Waals surface area contributed by atoms with Crippen LogP contribution in [0.15, 0.2) is 47.2 Å². The highest BCUT2D eigenvalue weighted by atomic mass is 79.9. The van der Waals surface area contributed by atoms with Crippen LogP contribution in [-0.4, -0.2) is 19.6 Å². The molecule has 0 unspecified atom stereocenters. The molecule has 0 aliphatic rings. The molecule has 2 heterocycles. The van der Waals surface area contributed by atoms with E-state index in [4.69, 9.17) is 0 Å². The first-order chi connectivity index (χ1) is 9.67. The van der Waals surface area contributed by atoms with Gasteiger partial charge in [-0.15, -0.1) is 0 Å². The van der Waals surface area contributed by atoms with Crippen molar-refractivity contribution >= 4 is 15.9 Å². The molecule has 5 heteroatoms. The highest BCUT2D eigenvalue weighted by Crippen LogP contribution is 2.22. The summed E-state index contributed by atoms with van der Waals surface area (Å²) >= 11 is 3.44. The Kier molecular flexibility index (Phi) is 3.44. The van der Waals surface area contributed by atoms with Gasteiger partial charge in [-0.1, -0.05) is 15.9 Å². The van der Waals surface area contributed by atoms with Crippen LogP contribution < -0.4 is 0 Å². The topological polar surface area (TPSA) is 35.6 Å². The van der Waals surface area contributed by atoms with Crippen LogP contribution in [-0.2, 0) is 6.54 Å². The molecule has 20 heavy (non-hydrogen) atoms. The molecule has 3 aromatic rings. The van der Waals surface area contributed by atoms with Crippen molar-refractivity contribution < 1.29 is 0 Å². The summed E-state index contributed by atoms with van der Waals surface area (Å²) in [6, 6.07) is 10.1. The lowest BCUT2D eigenvalue weighted by Crippen LogP contribution is -1.94. The molecule has 3 rings (SSSR count). The molecule has 2 aromatic heterocycles. The number of aromatic nitrogens is 4. The maximum atomic E-state index is 4.64. The molecule has 0 spiro atoms. The Morgan fingerprint density at radius 2 is 1.85 bits per heavy atom. The molecular weight excluding hydrogens is 316 g/mol. The number of aryl methyl sites for hydroxylation is 2. The molecule has 0 aliphatic carbocycles. The number of nitrogens with zero attached hydrogens (tertiary/aromatic N) is 4. The minimum Gasteiger partial charge on any atom is -0.272 e. The molecule has 0 bridgehead atoms. The normalized spacial score (nSPS) is 10.9. The van der Waals surface area contributed by atoms with E-state index in [0.717, 1.165) is 33.7 Å². The Bertz CT molecular complexity index is 725. The third kappa shape index (κ3) is 2.41. The van der Waals surface area contributed by atoms with E-state index in [9.17, 15) is 0 Å². The summed E-state index contributed by atoms with van der Waals surface area (Å²) in [6.45, 7) is 4.96. The Labute approximate surface area is 126 Å². The van der Waals surface area contributed by atoms with E-state index in [1.54, 1.807) is 0 Å². The van der Waals surface area contributed by atoms with Crippen LogP contribution in [0.3, 0.4) is 0 Å². The Morgan fingerprint density at radius 3 is 2.50 bits per heavy atom. The molecule has 0 saturated heterocycles. The van der Waals surface area contributed by atoms with Crippen molar-refractivity contribution in [3.8, 4) is 16.9 Å². The molecule has 1 aromatic carbocycles. The number of hydrogen-bond donors (Lipinski definition) is 0. The zero-order valence-corrected chi connectivity index (χ0v) is 13.0. The highest BCUT2D eigenvalue weighted by molar-refractivity contribution is 9.10. The van der Waals surface area contributed by atoms with Gasteiger partial charge in [-0.05, 0) is 44.2 Å². The summed E-state index contributed by atoms with van der Waals surface area (Å²) in [5.41, 5.74) is 4.08. The van der Waals surface area contributed by atoms with Gasteiger partial charge >= 0.3 is 0 Å². The van der Waals surface area contributed by atoms with E-state index in [2.05, 4.69) is 33.1 Å². The first kappa shape index (κ1) is 13.1. The quantitative estimate of drug-likeness (QED) is 0.731. The maximum absolute atomic E-state index is 4.64. The number of halogens is 1. The standard InChI is InChI=1S/C15H15BrN4/c1-3-19-10-14(11(2)17-19)15-8-9-20(18-15)13-6-4-12(16)5-7-13/h4-10H,3H2,1-2H3. The molecule has 0 aliphatic heterocycles. The largest absolute Gasteiger partial charge is 0.272 e. The van der Waals surface area contributed by atoms with Crippen LogP contribution >= 0.6 is 15.9 Å². The van der Waals surface area contributed by atoms with E-state index in [0.29, 0.717) is 0 Å². The second-order valence-corrected chi connectivity index (χ2v) is 5.52. The summed E-state index contributed by atoms with van der Waals surface area (Å²) < 4.78 is 4.88. The minimum atomic E-state index is 0.869. The summed E-state index contributed by atoms with van der Waals surface area (Å²) in [5, 5.41) is 9.10. The van der Waals surface area contributed by atoms with Gasteiger partial charge in [-0.2, -0.15) is 10.2 Å². The van der Waals surface area contributed by atoms with Crippen LogP contribution in [0.1, 0.15) is 12.6 Å². The van der Waals surface area contributed by atoms with Gasteiger partial charge in [-0.3, -0.25) is 4.68 Å². The first-order valence-corrected chi connectivity index (χ1v) is 7.32. The summed E-state index contributed by atoms with van der Waals surface area (Å²) in [7, 11) is 0. The van der Waals surface area contributed by atoms with Crippen molar-refractivity contribution in [2.45, 2.75) is 20.4 Å². The third-order valence-electron chi connectivity index (χ3n) is 3.23. The van der Waals surface area contributed by atoms with E-state index in [1.807, 2.05) is 59.0 Å². The third-order valence-corrected chi connectivity index (χ3v) is 3.76. The Balaban J connectivity index is 1.97. The second-order valence-electron chi connectivity index (χ2n) is 4.61. The van der Waals surface area contributed by atoms with Crippen LogP contribution in [0.25, 0.3) is 16.9 Å². The van der Waals surface area contributed by atoms with Gasteiger partial charge in [-0.25, -0.2) is 4.68 Å². The average Bonchev–Trinajstić information content (AvgIpc) is 3.06. The van der Waals surface area contributed by atoms with Crippen LogP contribution in [0.5, 0.6) is 0 Å². The van der Waals surface area contributed by atoms with Gasteiger partial charge < -0.3 is 0 Å². The summed E-state index contributed by atoms with van der Waals surface area (Å²) in [6.07, 6.45) is 4.02. The minimum absolute atomic E-state index is 0.869. The lowest BCUT2D eigenvalue weighted by Gasteiger charge is -2.00. The molecule has 0 saturated carbocycles. The van der Waals surface area contributed by atoms with E-state index in [1.165, 1.54) is 0 Å². The lowest BCUT2D eigenvalue weighted by atomic mass is 10.2. The van der Waals surface area contributed by atoms with E-state index in [-0.39, 0.29) is 0 Å². The molecule has 102 valence electrons. The zero-order chi connectivity index (χ0) is 14.1. The van der Waals surface area contributed by atoms with Gasteiger partial charge in [0.2, 0.25) is 0 Å². The zero-order valence-electron chi connectivity index (χ0n) is 11.4. The Hall–Kier alpha value is -1.88. The molecule has 0 amide bonds. The van der Waals surface area contributed by atoms with Gasteiger partial charge in [0.05, 0.1) is 17.1 Å². The highest BCUT2D eigenvalue weighted by Gasteiger charge is 2.10. The molecule has 0 radical (unpaired) electrons. The predicted molar refractivity (Wildman–Crippen MR) is 82.9 cm³/mol. The molecule has 0 fully saturated rings. The van der Waals surface area contributed by atoms with Crippen molar-refractivity contribution in [3.63, 3.8) is 0 Å². The first-order valence-electron chi connectivity index (χ1n) is 6.53. The molecule has 0 N–H and O–H groups in total. The van der Waals surface area contributed by atoms with Crippen molar-refractivity contribution in [1.29, 1.82) is 0 Å². The van der Waals surface area contributed by atoms with Crippen LogP contribution in [0, 0.1) is 6.92 Å². The van der Waals surface area contributed by atoms with E-state index < -0.39 is 0 Å². The van der Waals surface area contributed by atoms with Gasteiger partial charge in [0.1, 0.15) is 0 Å². The fraction of sp³-hybridized carbons (Fsp3) is 0.200. The van der Waals surface area contributed by atoms with Crippen molar-refractivity contribution in [1.82, 2.24) is 19.6 Å². The van der Waals surface area contributed by atoms with Crippen molar-refractivity contribution in [3.05, 3.63) is 52.9 Å². The molecule has 0 atom stereocenters. The fourth-order valence-corrected chi connectivity index (χ4v) is 2.40. The van der Waals surface area contributed by atoms with E-state index >= 15 is 0 Å². The fourth-order valence-electron chi connectivity index (χ4n) is 2.14. The van der Waals surface area contributed by atoms with Crippen molar-refractivity contribution in [2.75, 3.05) is 0 Å². The number of rotatable bonds is 3.